The molecule has 1 saturated heterocycles. The Morgan fingerprint density at radius 1 is 1.06 bits per heavy atom. The summed E-state index contributed by atoms with van der Waals surface area (Å²) in [6.45, 7) is 3.32. The van der Waals surface area contributed by atoms with Crippen LogP contribution in [0.5, 0.6) is 0 Å². The van der Waals surface area contributed by atoms with Crippen molar-refractivity contribution in [3.63, 3.8) is 0 Å². The molecule has 0 spiro atoms. The molecule has 0 radical (unpaired) electrons. The van der Waals surface area contributed by atoms with Gasteiger partial charge < -0.3 is 9.80 Å². The van der Waals surface area contributed by atoms with Crippen molar-refractivity contribution in [1.82, 2.24) is 25.1 Å². The lowest BCUT2D eigenvalue weighted by Crippen LogP contribution is -2.51. The highest BCUT2D eigenvalue weighted by Gasteiger charge is 2.30. The number of amides is 1. The van der Waals surface area contributed by atoms with Gasteiger partial charge in [-0.25, -0.2) is 9.07 Å². The lowest BCUT2D eigenvalue weighted by atomic mass is 10.0. The van der Waals surface area contributed by atoms with Gasteiger partial charge in [0, 0.05) is 38.2 Å². The Hall–Kier alpha value is -3.62. The number of ketones is 1. The van der Waals surface area contributed by atoms with Crippen molar-refractivity contribution < 1.29 is 14.0 Å². The van der Waals surface area contributed by atoms with Gasteiger partial charge in [-0.15, -0.1) is 5.10 Å². The van der Waals surface area contributed by atoms with Gasteiger partial charge in [0.1, 0.15) is 18.2 Å². The monoisotopic (exact) mass is 422 g/mol. The fraction of sp³-hybridized carbons (Fsp3) is 0.318. The number of aromatic nitrogens is 4. The molecule has 2 heterocycles. The number of hydrogen-bond acceptors (Lipinski definition) is 6. The van der Waals surface area contributed by atoms with Crippen LogP contribution in [0.15, 0.2) is 54.9 Å². The van der Waals surface area contributed by atoms with Crippen molar-refractivity contribution in [2.45, 2.75) is 19.4 Å². The maximum absolute atomic E-state index is 14.5. The van der Waals surface area contributed by atoms with Crippen LogP contribution >= 0.6 is 0 Å². The Kier molecular flexibility index (Phi) is 6.01. The molecule has 1 amide bonds. The van der Waals surface area contributed by atoms with E-state index in [1.807, 2.05) is 35.2 Å². The molecule has 1 atom stereocenters. The van der Waals surface area contributed by atoms with Gasteiger partial charge >= 0.3 is 0 Å². The van der Waals surface area contributed by atoms with Gasteiger partial charge in [-0.2, -0.15) is 0 Å². The van der Waals surface area contributed by atoms with Gasteiger partial charge in [-0.05, 0) is 41.1 Å². The molecule has 8 nitrogen and oxygen atoms in total. The predicted molar refractivity (Wildman–Crippen MR) is 112 cm³/mol. The summed E-state index contributed by atoms with van der Waals surface area (Å²) in [6.07, 6.45) is 1.93. The highest BCUT2D eigenvalue weighted by molar-refractivity contribution is 5.94. The molecule has 1 aliphatic rings. The van der Waals surface area contributed by atoms with E-state index in [2.05, 4.69) is 15.5 Å². The first kappa shape index (κ1) is 20.6. The van der Waals surface area contributed by atoms with Crippen LogP contribution < -0.4 is 4.90 Å². The van der Waals surface area contributed by atoms with Crippen LogP contribution in [-0.4, -0.2) is 63.0 Å². The van der Waals surface area contributed by atoms with Crippen LogP contribution in [0.25, 0.3) is 0 Å². The molecule has 1 aliphatic heterocycles. The Morgan fingerprint density at radius 2 is 1.81 bits per heavy atom. The molecule has 0 N–H and O–H groups in total. The van der Waals surface area contributed by atoms with Gasteiger partial charge in [-0.3, -0.25) is 9.59 Å². The summed E-state index contributed by atoms with van der Waals surface area (Å²) in [7, 11) is 0. The molecule has 9 heteroatoms. The number of halogens is 1. The molecule has 0 aliphatic carbocycles. The van der Waals surface area contributed by atoms with Crippen molar-refractivity contribution in [2.24, 2.45) is 0 Å². The Labute approximate surface area is 179 Å². The van der Waals surface area contributed by atoms with Gasteiger partial charge in [0.2, 0.25) is 5.91 Å². The second-order valence-corrected chi connectivity index (χ2v) is 7.53. The molecule has 31 heavy (non-hydrogen) atoms. The van der Waals surface area contributed by atoms with E-state index in [1.54, 1.807) is 17.0 Å². The number of anilines is 1. The first-order chi connectivity index (χ1) is 15.0. The van der Waals surface area contributed by atoms with Crippen LogP contribution in [0.4, 0.5) is 10.1 Å². The average molecular weight is 422 g/mol. The van der Waals surface area contributed by atoms with Gasteiger partial charge in [-0.1, -0.05) is 30.3 Å². The number of Topliss-reactive ketones (excluding diaryl/α,β-unsaturated/α-hetero) is 1. The number of carbonyl (C=O) groups is 2. The van der Waals surface area contributed by atoms with Gasteiger partial charge in [0.05, 0.1) is 5.69 Å². The third-order valence-corrected chi connectivity index (χ3v) is 5.53. The molecule has 3 aromatic rings. The molecule has 1 fully saturated rings. The fourth-order valence-electron chi connectivity index (χ4n) is 3.80. The quantitative estimate of drug-likeness (QED) is 0.566. The number of tetrazole rings is 1. The number of rotatable bonds is 6. The molecule has 0 bridgehead atoms. The summed E-state index contributed by atoms with van der Waals surface area (Å²) in [5, 5.41) is 11.3. The summed E-state index contributed by atoms with van der Waals surface area (Å²) in [6, 6.07) is 13.7. The lowest BCUT2D eigenvalue weighted by Gasteiger charge is -2.37. The summed E-state index contributed by atoms with van der Waals surface area (Å²) in [5.41, 5.74) is 1.81. The summed E-state index contributed by atoms with van der Waals surface area (Å²) < 4.78 is 16.0. The predicted octanol–water partition coefficient (Wildman–Crippen LogP) is 2.15. The zero-order valence-corrected chi connectivity index (χ0v) is 17.2. The van der Waals surface area contributed by atoms with Crippen molar-refractivity contribution in [3.8, 4) is 0 Å². The Balaban J connectivity index is 1.45. The molecular formula is C22H23FN6O2. The van der Waals surface area contributed by atoms with Gasteiger partial charge in [0.15, 0.2) is 5.78 Å². The largest absolute Gasteiger partial charge is 0.366 e. The summed E-state index contributed by atoms with van der Waals surface area (Å²) in [5.74, 6) is -0.667. The molecule has 2 aromatic carbocycles. The first-order valence-electron chi connectivity index (χ1n) is 10.1. The molecular weight excluding hydrogens is 399 g/mol. The van der Waals surface area contributed by atoms with Crippen LogP contribution in [-0.2, 0) is 11.2 Å². The molecule has 1 unspecified atom stereocenters. The third-order valence-electron chi connectivity index (χ3n) is 5.53. The van der Waals surface area contributed by atoms with E-state index in [0.717, 1.165) is 5.56 Å². The Morgan fingerprint density at radius 3 is 2.42 bits per heavy atom. The van der Waals surface area contributed by atoms with E-state index in [4.69, 9.17) is 0 Å². The maximum Gasteiger partial charge on any atom is 0.248 e. The summed E-state index contributed by atoms with van der Waals surface area (Å²) in [4.78, 5) is 28.4. The maximum atomic E-state index is 14.5. The topological polar surface area (TPSA) is 84.2 Å². The second kappa shape index (κ2) is 9.03. The highest BCUT2D eigenvalue weighted by atomic mass is 19.1. The molecule has 0 saturated carbocycles. The van der Waals surface area contributed by atoms with Crippen LogP contribution in [0.2, 0.25) is 0 Å². The van der Waals surface area contributed by atoms with Crippen molar-refractivity contribution in [1.29, 1.82) is 0 Å². The second-order valence-electron chi connectivity index (χ2n) is 7.53. The third kappa shape index (κ3) is 4.60. The van der Waals surface area contributed by atoms with Crippen LogP contribution in [0.3, 0.4) is 0 Å². The van der Waals surface area contributed by atoms with Crippen molar-refractivity contribution in [3.05, 3.63) is 71.8 Å². The fourth-order valence-corrected chi connectivity index (χ4v) is 3.80. The van der Waals surface area contributed by atoms with Crippen LogP contribution in [0, 0.1) is 5.82 Å². The molecule has 4 rings (SSSR count). The van der Waals surface area contributed by atoms with E-state index >= 15 is 0 Å². The smallest absolute Gasteiger partial charge is 0.248 e. The van der Waals surface area contributed by atoms with E-state index in [0.29, 0.717) is 43.9 Å². The van der Waals surface area contributed by atoms with E-state index < -0.39 is 11.9 Å². The van der Waals surface area contributed by atoms with Crippen molar-refractivity contribution in [2.75, 3.05) is 31.1 Å². The van der Waals surface area contributed by atoms with Crippen LogP contribution in [0.1, 0.15) is 28.9 Å². The molecule has 1 aromatic heterocycles. The highest BCUT2D eigenvalue weighted by Crippen LogP contribution is 2.24. The standard InChI is InChI=1S/C22H23FN6O2/c1-16(30)18-7-8-20(19(23)14-18)27-9-11-28(12-10-27)22(31)21(29-15-24-25-26-29)13-17-5-3-2-4-6-17/h2-8,14-15,21H,9-13H2,1H3. The average Bonchev–Trinajstić information content (AvgIpc) is 3.32. The number of piperazine rings is 1. The SMILES string of the molecule is CC(=O)c1ccc(N2CCN(C(=O)C(Cc3ccccc3)n3cnnn3)CC2)c(F)c1. The van der Waals surface area contributed by atoms with E-state index in [-0.39, 0.29) is 11.7 Å². The number of carbonyl (C=O) groups excluding carboxylic acids is 2. The normalized spacial score (nSPS) is 15.0. The molecule has 160 valence electrons. The number of hydrogen-bond donors (Lipinski definition) is 0. The summed E-state index contributed by atoms with van der Waals surface area (Å²) >= 11 is 0. The Bertz CT molecular complexity index is 1050. The minimum absolute atomic E-state index is 0.0665. The minimum atomic E-state index is -0.546. The first-order valence-corrected chi connectivity index (χ1v) is 10.1. The lowest BCUT2D eigenvalue weighted by molar-refractivity contribution is -0.135. The number of nitrogens with zero attached hydrogens (tertiary/aromatic N) is 6. The minimum Gasteiger partial charge on any atom is -0.366 e. The van der Waals surface area contributed by atoms with Gasteiger partial charge in [0.25, 0.3) is 0 Å². The zero-order chi connectivity index (χ0) is 21.8. The van der Waals surface area contributed by atoms with E-state index in [1.165, 1.54) is 24.0 Å². The van der Waals surface area contributed by atoms with Crippen molar-refractivity contribution >= 4 is 17.4 Å². The van der Waals surface area contributed by atoms with E-state index in [9.17, 15) is 14.0 Å². The zero-order valence-electron chi connectivity index (χ0n) is 17.2. The number of benzene rings is 2.